The maximum atomic E-state index is 5.52. The molecule has 0 N–H and O–H groups in total. The molecule has 0 unspecified atom stereocenters. The summed E-state index contributed by atoms with van der Waals surface area (Å²) in [6, 6.07) is 4.02. The largest absolute Gasteiger partial charge is 0.470 e. The average Bonchev–Trinajstić information content (AvgIpc) is 2.17. The molecular formula is C12H16N2O. The highest BCUT2D eigenvalue weighted by Gasteiger charge is 2.12. The topological polar surface area (TPSA) is 34.5 Å². The molecule has 0 aliphatic carbocycles. The van der Waals surface area contributed by atoms with E-state index < -0.39 is 0 Å². The summed E-state index contributed by atoms with van der Waals surface area (Å²) in [7, 11) is 0. The molecule has 0 aromatic carbocycles. The lowest BCUT2D eigenvalue weighted by Crippen LogP contribution is -2.13. The van der Waals surface area contributed by atoms with Gasteiger partial charge in [-0.2, -0.15) is 0 Å². The van der Waals surface area contributed by atoms with Crippen LogP contribution in [0.3, 0.4) is 0 Å². The summed E-state index contributed by atoms with van der Waals surface area (Å²) < 4.78 is 5.52. The zero-order valence-corrected chi connectivity index (χ0v) is 9.45. The van der Waals surface area contributed by atoms with Crippen LogP contribution >= 0.6 is 0 Å². The average molecular weight is 204 g/mol. The first kappa shape index (κ1) is 10.1. The van der Waals surface area contributed by atoms with Crippen LogP contribution in [0.2, 0.25) is 0 Å². The van der Waals surface area contributed by atoms with Crippen LogP contribution in [0.25, 0.3) is 0 Å². The van der Waals surface area contributed by atoms with E-state index in [2.05, 4.69) is 23.8 Å². The summed E-state index contributed by atoms with van der Waals surface area (Å²) in [4.78, 5) is 8.85. The van der Waals surface area contributed by atoms with Gasteiger partial charge < -0.3 is 4.74 Å². The van der Waals surface area contributed by atoms with Gasteiger partial charge in [0.15, 0.2) is 0 Å². The summed E-state index contributed by atoms with van der Waals surface area (Å²) in [5, 5.41) is 0. The first-order valence-corrected chi connectivity index (χ1v) is 5.32. The number of nitrogens with zero attached hydrogens (tertiary/aromatic N) is 2. The molecule has 2 heterocycles. The predicted octanol–water partition coefficient (Wildman–Crippen LogP) is 2.76. The van der Waals surface area contributed by atoms with Crippen molar-refractivity contribution in [2.45, 2.75) is 27.2 Å². The van der Waals surface area contributed by atoms with Crippen molar-refractivity contribution in [3.05, 3.63) is 17.8 Å². The number of rotatable bonds is 2. The standard InChI is InChI=1S/C12H16N2O/c1-8(2)6-10-4-5-11-12(14-10)15-7-9(3)13-11/h4-5,8H,6-7H2,1-3H3. The second-order valence-electron chi connectivity index (χ2n) is 4.36. The first-order valence-electron chi connectivity index (χ1n) is 5.32. The van der Waals surface area contributed by atoms with E-state index in [-0.39, 0.29) is 0 Å². The summed E-state index contributed by atoms with van der Waals surface area (Å²) in [5.41, 5.74) is 2.94. The molecule has 1 aromatic heterocycles. The molecule has 0 fully saturated rings. The third-order valence-corrected chi connectivity index (χ3v) is 2.24. The summed E-state index contributed by atoms with van der Waals surface area (Å²) in [5.74, 6) is 1.29. The highest BCUT2D eigenvalue weighted by Crippen LogP contribution is 2.28. The molecule has 0 saturated carbocycles. The number of ether oxygens (including phenoxy) is 1. The van der Waals surface area contributed by atoms with Gasteiger partial charge in [-0.15, -0.1) is 0 Å². The van der Waals surface area contributed by atoms with Crippen LogP contribution in [0.5, 0.6) is 5.88 Å². The maximum Gasteiger partial charge on any atom is 0.240 e. The van der Waals surface area contributed by atoms with Gasteiger partial charge in [0, 0.05) is 5.69 Å². The molecule has 80 valence electrons. The SMILES string of the molecule is CC1=Nc2ccc(CC(C)C)nc2OC1. The molecule has 3 heteroatoms. The van der Waals surface area contributed by atoms with Crippen molar-refractivity contribution in [1.29, 1.82) is 0 Å². The Labute approximate surface area is 90.2 Å². The second-order valence-corrected chi connectivity index (χ2v) is 4.36. The molecule has 0 radical (unpaired) electrons. The Morgan fingerprint density at radius 3 is 2.93 bits per heavy atom. The van der Waals surface area contributed by atoms with Gasteiger partial charge in [0.05, 0.1) is 5.71 Å². The fraction of sp³-hybridized carbons (Fsp3) is 0.500. The molecule has 0 bridgehead atoms. The summed E-state index contributed by atoms with van der Waals surface area (Å²) in [6.07, 6.45) is 0.985. The molecule has 1 aliphatic rings. The van der Waals surface area contributed by atoms with Gasteiger partial charge in [0.1, 0.15) is 12.3 Å². The van der Waals surface area contributed by atoms with E-state index in [1.807, 2.05) is 19.1 Å². The highest BCUT2D eigenvalue weighted by molar-refractivity contribution is 5.88. The Hall–Kier alpha value is -1.38. The fourth-order valence-electron chi connectivity index (χ4n) is 1.61. The van der Waals surface area contributed by atoms with Crippen molar-refractivity contribution in [3.8, 4) is 5.88 Å². The van der Waals surface area contributed by atoms with E-state index >= 15 is 0 Å². The lowest BCUT2D eigenvalue weighted by Gasteiger charge is -2.15. The molecule has 2 rings (SSSR count). The minimum absolute atomic E-state index is 0.561. The minimum Gasteiger partial charge on any atom is -0.470 e. The van der Waals surface area contributed by atoms with Crippen molar-refractivity contribution in [2.75, 3.05) is 6.61 Å². The summed E-state index contributed by atoms with van der Waals surface area (Å²) >= 11 is 0. The van der Waals surface area contributed by atoms with Crippen molar-refractivity contribution >= 4 is 11.4 Å². The van der Waals surface area contributed by atoms with Gasteiger partial charge >= 0.3 is 0 Å². The van der Waals surface area contributed by atoms with Crippen LogP contribution in [-0.2, 0) is 6.42 Å². The quantitative estimate of drug-likeness (QED) is 0.742. The predicted molar refractivity (Wildman–Crippen MR) is 61.0 cm³/mol. The fourth-order valence-corrected chi connectivity index (χ4v) is 1.61. The lowest BCUT2D eigenvalue weighted by atomic mass is 10.1. The van der Waals surface area contributed by atoms with Gasteiger partial charge in [-0.25, -0.2) is 9.98 Å². The Bertz CT molecular complexity index is 397. The lowest BCUT2D eigenvalue weighted by molar-refractivity contribution is 0.355. The van der Waals surface area contributed by atoms with Crippen LogP contribution in [-0.4, -0.2) is 17.3 Å². The van der Waals surface area contributed by atoms with Gasteiger partial charge in [-0.05, 0) is 31.4 Å². The summed E-state index contributed by atoms with van der Waals surface area (Å²) in [6.45, 7) is 6.89. The first-order chi connectivity index (χ1) is 7.15. The van der Waals surface area contributed by atoms with E-state index in [9.17, 15) is 0 Å². The van der Waals surface area contributed by atoms with Crippen molar-refractivity contribution in [1.82, 2.24) is 4.98 Å². The number of fused-ring (bicyclic) bond motifs is 1. The van der Waals surface area contributed by atoms with E-state index in [0.717, 1.165) is 23.5 Å². The molecule has 1 aliphatic heterocycles. The molecule has 0 amide bonds. The maximum absolute atomic E-state index is 5.52. The monoisotopic (exact) mass is 204 g/mol. The number of aliphatic imine (C=N–C) groups is 1. The third kappa shape index (κ3) is 2.35. The van der Waals surface area contributed by atoms with Gasteiger partial charge in [0.2, 0.25) is 5.88 Å². The molecule has 3 nitrogen and oxygen atoms in total. The Balaban J connectivity index is 2.27. The van der Waals surface area contributed by atoms with E-state index in [1.54, 1.807) is 0 Å². The molecule has 1 aromatic rings. The van der Waals surface area contributed by atoms with Crippen LogP contribution in [0, 0.1) is 5.92 Å². The van der Waals surface area contributed by atoms with Crippen molar-refractivity contribution in [3.63, 3.8) is 0 Å². The molecule has 15 heavy (non-hydrogen) atoms. The van der Waals surface area contributed by atoms with Gasteiger partial charge in [-0.1, -0.05) is 13.8 Å². The van der Waals surface area contributed by atoms with Crippen LogP contribution in [0.1, 0.15) is 26.5 Å². The number of aromatic nitrogens is 1. The molecule has 0 saturated heterocycles. The van der Waals surface area contributed by atoms with Gasteiger partial charge in [-0.3, -0.25) is 0 Å². The zero-order valence-electron chi connectivity index (χ0n) is 9.45. The van der Waals surface area contributed by atoms with Crippen LogP contribution in [0.4, 0.5) is 5.69 Å². The zero-order chi connectivity index (χ0) is 10.8. The number of hydrogen-bond donors (Lipinski definition) is 0. The minimum atomic E-state index is 0.561. The van der Waals surface area contributed by atoms with Crippen molar-refractivity contribution < 1.29 is 4.74 Å². The van der Waals surface area contributed by atoms with E-state index in [0.29, 0.717) is 18.4 Å². The third-order valence-electron chi connectivity index (χ3n) is 2.24. The van der Waals surface area contributed by atoms with Crippen molar-refractivity contribution in [2.24, 2.45) is 10.9 Å². The molecular weight excluding hydrogens is 188 g/mol. The van der Waals surface area contributed by atoms with Gasteiger partial charge in [0.25, 0.3) is 0 Å². The van der Waals surface area contributed by atoms with E-state index in [1.165, 1.54) is 0 Å². The van der Waals surface area contributed by atoms with Crippen LogP contribution < -0.4 is 4.74 Å². The molecule has 0 spiro atoms. The Morgan fingerprint density at radius 2 is 2.20 bits per heavy atom. The van der Waals surface area contributed by atoms with Crippen LogP contribution in [0.15, 0.2) is 17.1 Å². The Morgan fingerprint density at radius 1 is 1.40 bits per heavy atom. The molecule has 0 atom stereocenters. The highest BCUT2D eigenvalue weighted by atomic mass is 16.5. The van der Waals surface area contributed by atoms with E-state index in [4.69, 9.17) is 4.74 Å². The normalized spacial score (nSPS) is 14.5. The second kappa shape index (κ2) is 4.01. The number of pyridine rings is 1. The smallest absolute Gasteiger partial charge is 0.240 e. The number of hydrogen-bond acceptors (Lipinski definition) is 3. The Kier molecular flexibility index (Phi) is 2.71.